The minimum absolute atomic E-state index is 0.0886. The summed E-state index contributed by atoms with van der Waals surface area (Å²) in [7, 11) is 0. The molecule has 1 aliphatic heterocycles. The second kappa shape index (κ2) is 6.51. The number of aromatic nitrogens is 1. The summed E-state index contributed by atoms with van der Waals surface area (Å²) in [5.74, 6) is 1.26. The van der Waals surface area contributed by atoms with E-state index in [1.165, 1.54) is 10.9 Å². The van der Waals surface area contributed by atoms with Crippen LogP contribution in [0, 0.1) is 6.92 Å². The van der Waals surface area contributed by atoms with Crippen molar-refractivity contribution in [1.29, 1.82) is 0 Å². The fourth-order valence-corrected chi connectivity index (χ4v) is 3.18. The van der Waals surface area contributed by atoms with E-state index in [0.717, 1.165) is 17.5 Å². The molecule has 0 aliphatic carbocycles. The van der Waals surface area contributed by atoms with E-state index < -0.39 is 0 Å². The molecule has 0 bridgehead atoms. The summed E-state index contributed by atoms with van der Waals surface area (Å²) in [5.41, 5.74) is 3.83. The number of para-hydroxylation sites is 1. The molecule has 128 valence electrons. The first-order chi connectivity index (χ1) is 12.2. The number of H-pyrrole nitrogens is 1. The Bertz CT molecular complexity index is 930. The molecule has 5 nitrogen and oxygen atoms in total. The van der Waals surface area contributed by atoms with Crippen molar-refractivity contribution in [3.8, 4) is 11.5 Å². The van der Waals surface area contributed by atoms with E-state index in [9.17, 15) is 4.79 Å². The molecule has 4 rings (SSSR count). The predicted molar refractivity (Wildman–Crippen MR) is 96.5 cm³/mol. The van der Waals surface area contributed by atoms with Gasteiger partial charge in [-0.25, -0.2) is 0 Å². The van der Waals surface area contributed by atoms with Gasteiger partial charge in [0.05, 0.1) is 0 Å². The number of fused-ring (bicyclic) bond motifs is 2. The number of ether oxygens (including phenoxy) is 2. The van der Waals surface area contributed by atoms with Gasteiger partial charge in [-0.05, 0) is 42.7 Å². The third-order valence-corrected chi connectivity index (χ3v) is 4.49. The normalized spacial score (nSPS) is 13.0. The fourth-order valence-electron chi connectivity index (χ4n) is 3.18. The number of benzene rings is 2. The molecular weight excluding hydrogens is 316 g/mol. The van der Waals surface area contributed by atoms with Crippen LogP contribution in [0.4, 0.5) is 0 Å². The Hall–Kier alpha value is -2.95. The van der Waals surface area contributed by atoms with Crippen LogP contribution in [-0.2, 0) is 6.42 Å². The molecule has 0 atom stereocenters. The van der Waals surface area contributed by atoms with E-state index in [4.69, 9.17) is 9.47 Å². The van der Waals surface area contributed by atoms with Crippen molar-refractivity contribution >= 4 is 16.8 Å². The number of amides is 1. The average Bonchev–Trinajstić information content (AvgIpc) is 3.04. The van der Waals surface area contributed by atoms with Gasteiger partial charge in [-0.2, -0.15) is 0 Å². The van der Waals surface area contributed by atoms with Crippen LogP contribution in [0.25, 0.3) is 10.9 Å². The summed E-state index contributed by atoms with van der Waals surface area (Å²) in [6.45, 7) is 3.54. The fraction of sp³-hybridized carbons (Fsp3) is 0.250. The first-order valence-electron chi connectivity index (χ1n) is 8.46. The van der Waals surface area contributed by atoms with Crippen molar-refractivity contribution < 1.29 is 14.3 Å². The van der Waals surface area contributed by atoms with Crippen LogP contribution in [0.3, 0.4) is 0 Å². The smallest absolute Gasteiger partial charge is 0.251 e. The van der Waals surface area contributed by atoms with E-state index in [1.54, 1.807) is 6.07 Å². The Morgan fingerprint density at radius 1 is 1.16 bits per heavy atom. The maximum Gasteiger partial charge on any atom is 0.251 e. The van der Waals surface area contributed by atoms with E-state index in [1.807, 2.05) is 31.3 Å². The molecular formula is C20H20N2O3. The number of aromatic amines is 1. The van der Waals surface area contributed by atoms with Gasteiger partial charge in [0.15, 0.2) is 11.5 Å². The molecule has 0 saturated carbocycles. The van der Waals surface area contributed by atoms with Crippen LogP contribution < -0.4 is 14.8 Å². The van der Waals surface area contributed by atoms with Crippen LogP contribution in [0.15, 0.2) is 42.6 Å². The molecule has 0 fully saturated rings. The summed E-state index contributed by atoms with van der Waals surface area (Å²) in [5, 5.41) is 4.20. The molecule has 0 unspecified atom stereocenters. The Labute approximate surface area is 146 Å². The highest BCUT2D eigenvalue weighted by Crippen LogP contribution is 2.32. The number of carbonyl (C=O) groups is 1. The van der Waals surface area contributed by atoms with Crippen molar-refractivity contribution in [3.05, 3.63) is 59.3 Å². The summed E-state index contributed by atoms with van der Waals surface area (Å²) in [6.07, 6.45) is 2.78. The second-order valence-electron chi connectivity index (χ2n) is 6.18. The highest BCUT2D eigenvalue weighted by Gasteiger charge is 2.17. The summed E-state index contributed by atoms with van der Waals surface area (Å²) in [6, 6.07) is 11.8. The number of hydrogen-bond donors (Lipinski definition) is 2. The minimum Gasteiger partial charge on any atom is -0.486 e. The van der Waals surface area contributed by atoms with Gasteiger partial charge in [-0.1, -0.05) is 18.2 Å². The zero-order valence-electron chi connectivity index (χ0n) is 14.1. The van der Waals surface area contributed by atoms with Crippen LogP contribution in [0.2, 0.25) is 0 Å². The summed E-state index contributed by atoms with van der Waals surface area (Å²) < 4.78 is 11.1. The number of rotatable bonds is 4. The van der Waals surface area contributed by atoms with Crippen LogP contribution in [0.5, 0.6) is 11.5 Å². The Morgan fingerprint density at radius 2 is 1.92 bits per heavy atom. The van der Waals surface area contributed by atoms with Crippen LogP contribution >= 0.6 is 0 Å². The first kappa shape index (κ1) is 15.6. The quantitative estimate of drug-likeness (QED) is 0.769. The molecule has 3 aromatic rings. The largest absolute Gasteiger partial charge is 0.486 e. The van der Waals surface area contributed by atoms with Crippen molar-refractivity contribution in [2.24, 2.45) is 0 Å². The maximum atomic E-state index is 12.5. The molecule has 1 aromatic heterocycles. The molecule has 1 aliphatic rings. The lowest BCUT2D eigenvalue weighted by Crippen LogP contribution is -2.27. The summed E-state index contributed by atoms with van der Waals surface area (Å²) in [4.78, 5) is 15.8. The minimum atomic E-state index is -0.0886. The van der Waals surface area contributed by atoms with Gasteiger partial charge in [-0.15, -0.1) is 0 Å². The lowest BCUT2D eigenvalue weighted by molar-refractivity contribution is 0.0952. The number of aryl methyl sites for hydroxylation is 1. The number of carbonyl (C=O) groups excluding carboxylic acids is 1. The Kier molecular flexibility index (Phi) is 4.06. The molecule has 25 heavy (non-hydrogen) atoms. The van der Waals surface area contributed by atoms with Crippen molar-refractivity contribution in [2.45, 2.75) is 13.3 Å². The van der Waals surface area contributed by atoms with Gasteiger partial charge in [0.25, 0.3) is 5.91 Å². The monoisotopic (exact) mass is 336 g/mol. The topological polar surface area (TPSA) is 63.4 Å². The lowest BCUT2D eigenvalue weighted by atomic mass is 10.1. The number of nitrogens with one attached hydrogen (secondary N) is 2. The second-order valence-corrected chi connectivity index (χ2v) is 6.18. The number of hydrogen-bond acceptors (Lipinski definition) is 3. The van der Waals surface area contributed by atoms with Crippen molar-refractivity contribution in [1.82, 2.24) is 10.3 Å². The zero-order valence-corrected chi connectivity index (χ0v) is 14.1. The third-order valence-electron chi connectivity index (χ3n) is 4.49. The molecule has 5 heteroatoms. The van der Waals surface area contributed by atoms with Crippen LogP contribution in [0.1, 0.15) is 21.5 Å². The Morgan fingerprint density at radius 3 is 2.76 bits per heavy atom. The predicted octanol–water partition coefficient (Wildman–Crippen LogP) is 3.22. The molecule has 1 amide bonds. The average molecular weight is 336 g/mol. The zero-order chi connectivity index (χ0) is 17.2. The van der Waals surface area contributed by atoms with Gasteiger partial charge in [0, 0.05) is 29.2 Å². The van der Waals surface area contributed by atoms with E-state index >= 15 is 0 Å². The highest BCUT2D eigenvalue weighted by atomic mass is 16.6. The summed E-state index contributed by atoms with van der Waals surface area (Å²) >= 11 is 0. The van der Waals surface area contributed by atoms with Gasteiger partial charge in [0.1, 0.15) is 13.2 Å². The molecule has 2 heterocycles. The van der Waals surface area contributed by atoms with Gasteiger partial charge in [-0.3, -0.25) is 4.79 Å². The van der Waals surface area contributed by atoms with Gasteiger partial charge in [0.2, 0.25) is 0 Å². The van der Waals surface area contributed by atoms with E-state index in [2.05, 4.69) is 22.4 Å². The highest BCUT2D eigenvalue weighted by molar-refractivity contribution is 5.96. The Balaban J connectivity index is 1.44. The van der Waals surface area contributed by atoms with Crippen LogP contribution in [-0.4, -0.2) is 30.6 Å². The van der Waals surface area contributed by atoms with Gasteiger partial charge >= 0.3 is 0 Å². The van der Waals surface area contributed by atoms with E-state index in [-0.39, 0.29) is 5.91 Å². The molecule has 0 radical (unpaired) electrons. The molecule has 2 N–H and O–H groups in total. The maximum absolute atomic E-state index is 12.5. The lowest BCUT2D eigenvalue weighted by Gasteiger charge is -2.20. The SMILES string of the molecule is Cc1cc2c(cc1C(=O)NCCc1c[nH]c3ccccc13)OCCO2. The first-order valence-corrected chi connectivity index (χ1v) is 8.46. The van der Waals surface area contributed by atoms with E-state index in [0.29, 0.717) is 36.8 Å². The molecule has 0 spiro atoms. The van der Waals surface area contributed by atoms with Gasteiger partial charge < -0.3 is 19.8 Å². The molecule has 2 aromatic carbocycles. The van der Waals surface area contributed by atoms with Crippen molar-refractivity contribution in [2.75, 3.05) is 19.8 Å². The third kappa shape index (κ3) is 3.05. The molecule has 0 saturated heterocycles. The van der Waals surface area contributed by atoms with Crippen molar-refractivity contribution in [3.63, 3.8) is 0 Å². The standard InChI is InChI=1S/C20H20N2O3/c1-13-10-18-19(25-9-8-24-18)11-16(13)20(23)21-7-6-14-12-22-17-5-3-2-4-15(14)17/h2-5,10-12,22H,6-9H2,1H3,(H,21,23).